The highest BCUT2D eigenvalue weighted by molar-refractivity contribution is 6.46. The van der Waals surface area contributed by atoms with Crippen LogP contribution in [-0.4, -0.2) is 85.3 Å². The molecule has 0 saturated carbocycles. The SMILES string of the molecule is COc1ccc(OC)c([C@@H]2C(=C(O)c3cc(Cl)ccc3O)C(=O)C(=O)N2CCCN2CCOCC2)c1. The number of hydrogen-bond donors (Lipinski definition) is 2. The van der Waals surface area contributed by atoms with Crippen LogP contribution in [0, 0.1) is 0 Å². The van der Waals surface area contributed by atoms with Crippen molar-refractivity contribution in [3.05, 3.63) is 58.1 Å². The van der Waals surface area contributed by atoms with E-state index in [9.17, 15) is 19.8 Å². The highest BCUT2D eigenvalue weighted by Gasteiger charge is 2.47. The standard InChI is InChI=1S/C26H29ClN2O7/c1-34-17-5-7-21(35-2)19(15-17)23-22(24(31)18-14-16(27)4-6-20(18)30)25(32)26(33)29(23)9-3-8-28-10-12-36-13-11-28/h4-7,14-15,23,30-31H,3,8-13H2,1-2H3/t23-/m1/s1. The van der Waals surface area contributed by atoms with Crippen molar-refractivity contribution in [2.24, 2.45) is 0 Å². The van der Waals surface area contributed by atoms with Crippen LogP contribution in [0.2, 0.25) is 5.02 Å². The molecule has 0 aliphatic carbocycles. The molecule has 2 aliphatic rings. The van der Waals surface area contributed by atoms with Gasteiger partial charge in [-0.3, -0.25) is 14.5 Å². The van der Waals surface area contributed by atoms with E-state index in [0.717, 1.165) is 19.6 Å². The van der Waals surface area contributed by atoms with E-state index in [2.05, 4.69) is 4.90 Å². The van der Waals surface area contributed by atoms with E-state index in [4.69, 9.17) is 25.8 Å². The maximum absolute atomic E-state index is 13.3. The van der Waals surface area contributed by atoms with E-state index in [0.29, 0.717) is 36.7 Å². The average molecular weight is 517 g/mol. The fourth-order valence-electron chi connectivity index (χ4n) is 4.62. The molecule has 2 fully saturated rings. The quantitative estimate of drug-likeness (QED) is 0.313. The van der Waals surface area contributed by atoms with Gasteiger partial charge in [0.2, 0.25) is 0 Å². The molecule has 10 heteroatoms. The van der Waals surface area contributed by atoms with Gasteiger partial charge < -0.3 is 29.3 Å². The predicted octanol–water partition coefficient (Wildman–Crippen LogP) is 3.21. The second-order valence-electron chi connectivity index (χ2n) is 8.57. The van der Waals surface area contributed by atoms with Crippen LogP contribution in [0.15, 0.2) is 42.0 Å². The number of phenols is 1. The zero-order chi connectivity index (χ0) is 25.8. The van der Waals surface area contributed by atoms with Gasteiger partial charge in [-0.25, -0.2) is 0 Å². The van der Waals surface area contributed by atoms with Crippen molar-refractivity contribution in [2.45, 2.75) is 12.5 Å². The number of ketones is 1. The topological polar surface area (TPSA) is 109 Å². The van der Waals surface area contributed by atoms with Gasteiger partial charge in [0.25, 0.3) is 11.7 Å². The van der Waals surface area contributed by atoms with Crippen LogP contribution in [0.25, 0.3) is 5.76 Å². The molecule has 2 aliphatic heterocycles. The van der Waals surface area contributed by atoms with Gasteiger partial charge in [-0.1, -0.05) is 11.6 Å². The van der Waals surface area contributed by atoms with Crippen molar-refractivity contribution < 1.29 is 34.0 Å². The molecule has 0 bridgehead atoms. The average Bonchev–Trinajstić information content (AvgIpc) is 3.14. The van der Waals surface area contributed by atoms with Crippen molar-refractivity contribution in [3.8, 4) is 17.2 Å². The number of nitrogens with zero attached hydrogens (tertiary/aromatic N) is 2. The Labute approximate surface area is 214 Å². The van der Waals surface area contributed by atoms with Crippen LogP contribution in [0.1, 0.15) is 23.6 Å². The monoisotopic (exact) mass is 516 g/mol. The summed E-state index contributed by atoms with van der Waals surface area (Å²) in [5.41, 5.74) is 0.279. The van der Waals surface area contributed by atoms with Gasteiger partial charge in [-0.05, 0) is 42.8 Å². The maximum atomic E-state index is 13.3. The van der Waals surface area contributed by atoms with Gasteiger partial charge in [0.1, 0.15) is 23.0 Å². The normalized spacial score (nSPS) is 20.1. The summed E-state index contributed by atoms with van der Waals surface area (Å²) < 4.78 is 16.3. The summed E-state index contributed by atoms with van der Waals surface area (Å²) in [5, 5.41) is 21.9. The summed E-state index contributed by atoms with van der Waals surface area (Å²) in [7, 11) is 2.99. The van der Waals surface area contributed by atoms with Gasteiger partial charge >= 0.3 is 0 Å². The summed E-state index contributed by atoms with van der Waals surface area (Å²) in [5.74, 6) is -1.47. The smallest absolute Gasteiger partial charge is 0.295 e. The molecule has 2 heterocycles. The molecule has 2 aromatic rings. The van der Waals surface area contributed by atoms with Crippen molar-refractivity contribution >= 4 is 29.1 Å². The number of rotatable bonds is 8. The summed E-state index contributed by atoms with van der Waals surface area (Å²) in [6, 6.07) is 8.22. The lowest BCUT2D eigenvalue weighted by molar-refractivity contribution is -0.140. The molecule has 0 unspecified atom stereocenters. The summed E-state index contributed by atoms with van der Waals surface area (Å²) in [6.07, 6.45) is 0.609. The first-order valence-corrected chi connectivity index (χ1v) is 12.0. The molecule has 0 radical (unpaired) electrons. The number of likely N-dealkylation sites (tertiary alicyclic amines) is 1. The van der Waals surface area contributed by atoms with Gasteiger partial charge in [0.05, 0.1) is 44.6 Å². The molecule has 4 rings (SSSR count). The third-order valence-electron chi connectivity index (χ3n) is 6.46. The maximum Gasteiger partial charge on any atom is 0.295 e. The Balaban J connectivity index is 1.79. The molecule has 0 spiro atoms. The van der Waals surface area contributed by atoms with Gasteiger partial charge in [-0.15, -0.1) is 0 Å². The van der Waals surface area contributed by atoms with E-state index in [1.807, 2.05) is 0 Å². The molecule has 36 heavy (non-hydrogen) atoms. The first-order chi connectivity index (χ1) is 17.3. The molecular weight excluding hydrogens is 488 g/mol. The number of carbonyl (C=O) groups is 2. The number of amides is 1. The number of methoxy groups -OCH3 is 2. The van der Waals surface area contributed by atoms with Gasteiger partial charge in [-0.2, -0.15) is 0 Å². The largest absolute Gasteiger partial charge is 0.507 e. The number of benzene rings is 2. The Morgan fingerprint density at radius 2 is 1.83 bits per heavy atom. The number of Topliss-reactive ketones (excluding diaryl/α,β-unsaturated/α-hetero) is 1. The van der Waals surface area contributed by atoms with Crippen LogP contribution in [-0.2, 0) is 14.3 Å². The number of phenolic OH excluding ortho intramolecular Hbond substituents is 1. The molecule has 9 nitrogen and oxygen atoms in total. The fourth-order valence-corrected chi connectivity index (χ4v) is 4.79. The lowest BCUT2D eigenvalue weighted by Crippen LogP contribution is -2.39. The third kappa shape index (κ3) is 5.13. The molecule has 2 aromatic carbocycles. The molecule has 192 valence electrons. The molecule has 1 atom stereocenters. The van der Waals surface area contributed by atoms with E-state index in [1.54, 1.807) is 18.2 Å². The lowest BCUT2D eigenvalue weighted by Gasteiger charge is -2.29. The number of aliphatic hydroxyl groups is 1. The molecule has 2 saturated heterocycles. The summed E-state index contributed by atoms with van der Waals surface area (Å²) in [6.45, 7) is 3.93. The Hall–Kier alpha value is -3.27. The molecule has 1 amide bonds. The number of carbonyl (C=O) groups excluding carboxylic acids is 2. The minimum atomic E-state index is -0.960. The van der Waals surface area contributed by atoms with Crippen LogP contribution in [0.5, 0.6) is 17.2 Å². The number of ether oxygens (including phenoxy) is 3. The van der Waals surface area contributed by atoms with E-state index in [-0.39, 0.29) is 28.5 Å². The number of hydrogen-bond acceptors (Lipinski definition) is 8. The van der Waals surface area contributed by atoms with E-state index in [1.165, 1.54) is 37.3 Å². The van der Waals surface area contributed by atoms with E-state index >= 15 is 0 Å². The number of aromatic hydroxyl groups is 1. The van der Waals surface area contributed by atoms with Crippen LogP contribution in [0.4, 0.5) is 0 Å². The van der Waals surface area contributed by atoms with Gasteiger partial charge in [0, 0.05) is 36.8 Å². The zero-order valence-electron chi connectivity index (χ0n) is 20.2. The van der Waals surface area contributed by atoms with Crippen LogP contribution >= 0.6 is 11.6 Å². The summed E-state index contributed by atoms with van der Waals surface area (Å²) >= 11 is 6.09. The minimum Gasteiger partial charge on any atom is -0.507 e. The molecule has 2 N–H and O–H groups in total. The Morgan fingerprint density at radius 1 is 1.08 bits per heavy atom. The number of halogens is 1. The van der Waals surface area contributed by atoms with Gasteiger partial charge in [0.15, 0.2) is 0 Å². The zero-order valence-corrected chi connectivity index (χ0v) is 21.0. The third-order valence-corrected chi connectivity index (χ3v) is 6.70. The lowest BCUT2D eigenvalue weighted by atomic mass is 9.94. The van der Waals surface area contributed by atoms with Crippen molar-refractivity contribution in [2.75, 3.05) is 53.6 Å². The van der Waals surface area contributed by atoms with Crippen molar-refractivity contribution in [1.82, 2.24) is 9.80 Å². The van der Waals surface area contributed by atoms with Crippen molar-refractivity contribution in [3.63, 3.8) is 0 Å². The van der Waals surface area contributed by atoms with Crippen LogP contribution in [0.3, 0.4) is 0 Å². The Kier molecular flexibility index (Phi) is 8.03. The predicted molar refractivity (Wildman–Crippen MR) is 134 cm³/mol. The van der Waals surface area contributed by atoms with E-state index < -0.39 is 23.5 Å². The van der Waals surface area contributed by atoms with Crippen LogP contribution < -0.4 is 9.47 Å². The Morgan fingerprint density at radius 3 is 2.53 bits per heavy atom. The van der Waals surface area contributed by atoms with Crippen molar-refractivity contribution in [1.29, 1.82) is 0 Å². The molecular formula is C26H29ClN2O7. The highest BCUT2D eigenvalue weighted by atomic mass is 35.5. The summed E-state index contributed by atoms with van der Waals surface area (Å²) in [4.78, 5) is 30.2. The number of morpholine rings is 1. The first kappa shape index (κ1) is 25.8. The number of aliphatic hydroxyl groups excluding tert-OH is 1. The second kappa shape index (κ2) is 11.2. The minimum absolute atomic E-state index is 0.0410. The Bertz CT molecular complexity index is 1180. The fraction of sp³-hybridized carbons (Fsp3) is 0.385. The molecule has 0 aromatic heterocycles. The second-order valence-corrected chi connectivity index (χ2v) is 9.01. The highest BCUT2D eigenvalue weighted by Crippen LogP contribution is 2.45. The first-order valence-electron chi connectivity index (χ1n) is 11.6.